The van der Waals surface area contributed by atoms with E-state index in [0.29, 0.717) is 16.5 Å². The van der Waals surface area contributed by atoms with Gasteiger partial charge in [0.15, 0.2) is 6.73 Å². The van der Waals surface area contributed by atoms with Crippen molar-refractivity contribution in [3.05, 3.63) is 52.0 Å². The first-order valence-corrected chi connectivity index (χ1v) is 7.48. The first kappa shape index (κ1) is 17.0. The quantitative estimate of drug-likeness (QED) is 0.581. The summed E-state index contributed by atoms with van der Waals surface area (Å²) in [6.07, 6.45) is 0. The maximum Gasteiger partial charge on any atom is 0.321 e. The molecule has 2 amide bonds. The van der Waals surface area contributed by atoms with Crippen LogP contribution in [0.2, 0.25) is 5.02 Å². The topological polar surface area (TPSA) is 70.6 Å². The Labute approximate surface area is 140 Å². The van der Waals surface area contributed by atoms with Crippen LogP contribution < -0.4 is 15.4 Å². The van der Waals surface area contributed by atoms with Crippen molar-refractivity contribution in [3.8, 4) is 11.5 Å². The van der Waals surface area contributed by atoms with Gasteiger partial charge < -0.3 is 20.5 Å². The normalized spacial score (nSPS) is 10.3. The van der Waals surface area contributed by atoms with Crippen molar-refractivity contribution in [2.45, 2.75) is 20.8 Å². The van der Waals surface area contributed by atoms with Crippen LogP contribution in [0.3, 0.4) is 0 Å². The number of benzene rings is 2. The van der Waals surface area contributed by atoms with E-state index in [4.69, 9.17) is 16.3 Å². The van der Waals surface area contributed by atoms with Gasteiger partial charge in [-0.1, -0.05) is 11.6 Å². The lowest BCUT2D eigenvalue weighted by atomic mass is 10.1. The number of aryl methyl sites for hydroxylation is 3. The molecule has 2 rings (SSSR count). The summed E-state index contributed by atoms with van der Waals surface area (Å²) in [7, 11) is 0. The van der Waals surface area contributed by atoms with E-state index in [9.17, 15) is 9.90 Å². The first-order chi connectivity index (χ1) is 10.9. The highest BCUT2D eigenvalue weighted by atomic mass is 35.5. The van der Waals surface area contributed by atoms with Crippen LogP contribution in [-0.2, 0) is 0 Å². The number of phenolic OH excluding ortho intramolecular Hbond substituents is 1. The Morgan fingerprint density at radius 2 is 1.78 bits per heavy atom. The highest BCUT2D eigenvalue weighted by Crippen LogP contribution is 2.25. The number of amides is 2. The summed E-state index contributed by atoms with van der Waals surface area (Å²) < 4.78 is 5.51. The van der Waals surface area contributed by atoms with Crippen molar-refractivity contribution in [3.63, 3.8) is 0 Å². The zero-order valence-corrected chi connectivity index (χ0v) is 14.0. The van der Waals surface area contributed by atoms with Gasteiger partial charge in [0.2, 0.25) is 0 Å². The Bertz CT molecular complexity index is 709. The lowest BCUT2D eigenvalue weighted by Gasteiger charge is -2.12. The second-order valence-electron chi connectivity index (χ2n) is 5.29. The third-order valence-electron chi connectivity index (χ3n) is 3.34. The first-order valence-electron chi connectivity index (χ1n) is 7.11. The van der Waals surface area contributed by atoms with E-state index in [-0.39, 0.29) is 18.5 Å². The van der Waals surface area contributed by atoms with Crippen LogP contribution in [0.1, 0.15) is 16.7 Å². The van der Waals surface area contributed by atoms with Crippen molar-refractivity contribution in [1.82, 2.24) is 5.32 Å². The third-order valence-corrected chi connectivity index (χ3v) is 3.94. The summed E-state index contributed by atoms with van der Waals surface area (Å²) in [5, 5.41) is 15.4. The van der Waals surface area contributed by atoms with Gasteiger partial charge in [-0.15, -0.1) is 0 Å². The van der Waals surface area contributed by atoms with Crippen molar-refractivity contribution in [2.75, 3.05) is 12.0 Å². The van der Waals surface area contributed by atoms with Gasteiger partial charge >= 0.3 is 6.03 Å². The number of hydrogen-bond acceptors (Lipinski definition) is 3. The average Bonchev–Trinajstić information content (AvgIpc) is 2.47. The largest absolute Gasteiger partial charge is 0.508 e. The minimum atomic E-state index is -0.388. The monoisotopic (exact) mass is 334 g/mol. The zero-order chi connectivity index (χ0) is 17.0. The number of urea groups is 1. The van der Waals surface area contributed by atoms with Crippen molar-refractivity contribution in [1.29, 1.82) is 0 Å². The van der Waals surface area contributed by atoms with Gasteiger partial charge in [-0.2, -0.15) is 0 Å². The predicted molar refractivity (Wildman–Crippen MR) is 91.4 cm³/mol. The molecule has 5 nitrogen and oxygen atoms in total. The van der Waals surface area contributed by atoms with Gasteiger partial charge in [-0.25, -0.2) is 4.79 Å². The third kappa shape index (κ3) is 4.53. The summed E-state index contributed by atoms with van der Waals surface area (Å²) >= 11 is 6.10. The number of carbonyl (C=O) groups excluding carboxylic acids is 1. The van der Waals surface area contributed by atoms with E-state index >= 15 is 0 Å². The van der Waals surface area contributed by atoms with Crippen LogP contribution >= 0.6 is 11.6 Å². The molecule has 0 bridgehead atoms. The standard InChI is InChI=1S/C17H19ClN2O3/c1-10-6-13(21)4-5-15(10)20-17(22)19-9-23-14-7-11(2)16(18)12(3)8-14/h4-8,21H,9H2,1-3H3,(H2,19,20,22). The van der Waals surface area contributed by atoms with Crippen LogP contribution in [0.25, 0.3) is 0 Å². The zero-order valence-electron chi connectivity index (χ0n) is 13.2. The SMILES string of the molecule is Cc1cc(O)ccc1NC(=O)NCOc1cc(C)c(Cl)c(C)c1. The van der Waals surface area contributed by atoms with Gasteiger partial charge in [-0.05, 0) is 67.8 Å². The number of phenols is 1. The Kier molecular flexibility index (Phi) is 5.34. The molecule has 0 aliphatic rings. The van der Waals surface area contributed by atoms with Gasteiger partial charge in [0.1, 0.15) is 11.5 Å². The molecule has 0 aliphatic carbocycles. The van der Waals surface area contributed by atoms with Gasteiger partial charge in [0.05, 0.1) is 0 Å². The number of anilines is 1. The molecule has 0 unspecified atom stereocenters. The number of carbonyl (C=O) groups is 1. The summed E-state index contributed by atoms with van der Waals surface area (Å²) in [5.74, 6) is 0.802. The van der Waals surface area contributed by atoms with E-state index in [0.717, 1.165) is 16.7 Å². The molecule has 6 heteroatoms. The molecule has 0 saturated carbocycles. The number of nitrogens with one attached hydrogen (secondary N) is 2. The molecule has 0 aliphatic heterocycles. The summed E-state index contributed by atoms with van der Waals surface area (Å²) in [6.45, 7) is 5.63. The fourth-order valence-corrected chi connectivity index (χ4v) is 2.24. The van der Waals surface area contributed by atoms with Gasteiger partial charge in [0, 0.05) is 10.7 Å². The van der Waals surface area contributed by atoms with E-state index in [1.54, 1.807) is 19.1 Å². The van der Waals surface area contributed by atoms with Crippen LogP contribution in [0.5, 0.6) is 11.5 Å². The molecule has 0 atom stereocenters. The maximum absolute atomic E-state index is 11.8. The van der Waals surface area contributed by atoms with Crippen LogP contribution in [-0.4, -0.2) is 17.9 Å². The summed E-state index contributed by atoms with van der Waals surface area (Å²) in [6, 6.07) is 7.97. The average molecular weight is 335 g/mol. The molecular weight excluding hydrogens is 316 g/mol. The van der Waals surface area contributed by atoms with Crippen LogP contribution in [0.4, 0.5) is 10.5 Å². The van der Waals surface area contributed by atoms with Gasteiger partial charge in [0.25, 0.3) is 0 Å². The Morgan fingerprint density at radius 1 is 1.13 bits per heavy atom. The Balaban J connectivity index is 1.87. The second-order valence-corrected chi connectivity index (χ2v) is 5.67. The fourth-order valence-electron chi connectivity index (χ4n) is 2.13. The Morgan fingerprint density at radius 3 is 2.39 bits per heavy atom. The number of halogens is 1. The van der Waals surface area contributed by atoms with E-state index in [2.05, 4.69) is 10.6 Å². The molecule has 3 N–H and O–H groups in total. The molecule has 122 valence electrons. The van der Waals surface area contributed by atoms with Crippen molar-refractivity contribution >= 4 is 23.3 Å². The summed E-state index contributed by atoms with van der Waals surface area (Å²) in [5.41, 5.74) is 3.24. The van der Waals surface area contributed by atoms with E-state index in [1.807, 2.05) is 26.0 Å². The minimum absolute atomic E-state index is 0.0312. The molecule has 0 heterocycles. The summed E-state index contributed by atoms with van der Waals surface area (Å²) in [4.78, 5) is 11.8. The van der Waals surface area contributed by atoms with Crippen LogP contribution in [0, 0.1) is 20.8 Å². The molecule has 23 heavy (non-hydrogen) atoms. The number of rotatable bonds is 4. The molecular formula is C17H19ClN2O3. The van der Waals surface area contributed by atoms with E-state index < -0.39 is 0 Å². The molecule has 0 spiro atoms. The molecule has 0 radical (unpaired) electrons. The maximum atomic E-state index is 11.8. The van der Waals surface area contributed by atoms with Crippen LogP contribution in [0.15, 0.2) is 30.3 Å². The lowest BCUT2D eigenvalue weighted by molar-refractivity contribution is 0.234. The highest BCUT2D eigenvalue weighted by Gasteiger charge is 2.06. The smallest absolute Gasteiger partial charge is 0.321 e. The second kappa shape index (κ2) is 7.24. The number of hydrogen-bond donors (Lipinski definition) is 3. The lowest BCUT2D eigenvalue weighted by Crippen LogP contribution is -2.32. The minimum Gasteiger partial charge on any atom is -0.508 e. The predicted octanol–water partition coefficient (Wildman–Crippen LogP) is 4.13. The molecule has 2 aromatic rings. The number of ether oxygens (including phenoxy) is 1. The van der Waals surface area contributed by atoms with Crippen molar-refractivity contribution < 1.29 is 14.6 Å². The van der Waals surface area contributed by atoms with Gasteiger partial charge in [-0.3, -0.25) is 0 Å². The fraction of sp³-hybridized carbons (Fsp3) is 0.235. The molecule has 0 fully saturated rings. The molecule has 0 aromatic heterocycles. The number of aromatic hydroxyl groups is 1. The molecule has 2 aromatic carbocycles. The van der Waals surface area contributed by atoms with E-state index in [1.165, 1.54) is 6.07 Å². The highest BCUT2D eigenvalue weighted by molar-refractivity contribution is 6.32. The van der Waals surface area contributed by atoms with Crippen molar-refractivity contribution in [2.24, 2.45) is 0 Å². The molecule has 0 saturated heterocycles. The Hall–Kier alpha value is -2.40.